The molecule has 1 aromatic carbocycles. The summed E-state index contributed by atoms with van der Waals surface area (Å²) in [6.07, 6.45) is 3.74. The van der Waals surface area contributed by atoms with Gasteiger partial charge in [-0.15, -0.1) is 0 Å². The van der Waals surface area contributed by atoms with Gasteiger partial charge in [0.15, 0.2) is 0 Å². The van der Waals surface area contributed by atoms with Crippen LogP contribution < -0.4 is 10.6 Å². The molecule has 1 saturated heterocycles. The van der Waals surface area contributed by atoms with E-state index in [0.29, 0.717) is 6.04 Å². The molecule has 0 spiro atoms. The Balaban J connectivity index is 1.64. The van der Waals surface area contributed by atoms with Crippen molar-refractivity contribution in [2.75, 3.05) is 25.5 Å². The van der Waals surface area contributed by atoms with Gasteiger partial charge in [0.05, 0.1) is 5.56 Å². The molecule has 3 rings (SSSR count). The molecule has 1 aliphatic carbocycles. The van der Waals surface area contributed by atoms with Crippen LogP contribution in [0.3, 0.4) is 0 Å². The lowest BCUT2D eigenvalue weighted by atomic mass is 10.1. The average Bonchev–Trinajstić information content (AvgIpc) is 3.19. The number of aryl methyl sites for hydroxylation is 1. The Morgan fingerprint density at radius 1 is 1.30 bits per heavy atom. The molecule has 1 saturated carbocycles. The van der Waals surface area contributed by atoms with Gasteiger partial charge >= 0.3 is 0 Å². The summed E-state index contributed by atoms with van der Waals surface area (Å²) in [5.41, 5.74) is 2.80. The van der Waals surface area contributed by atoms with Gasteiger partial charge < -0.3 is 10.6 Å². The van der Waals surface area contributed by atoms with Gasteiger partial charge in [0.2, 0.25) is 0 Å². The summed E-state index contributed by atoms with van der Waals surface area (Å²) in [7, 11) is 1.86. The van der Waals surface area contributed by atoms with Crippen molar-refractivity contribution >= 4 is 11.6 Å². The first-order valence-corrected chi connectivity index (χ1v) is 7.50. The third kappa shape index (κ3) is 2.80. The Kier molecular flexibility index (Phi) is 3.66. The highest BCUT2D eigenvalue weighted by atomic mass is 16.1. The molecule has 20 heavy (non-hydrogen) atoms. The highest BCUT2D eigenvalue weighted by Gasteiger charge is 2.34. The van der Waals surface area contributed by atoms with Gasteiger partial charge in [-0.25, -0.2) is 0 Å². The number of carbonyl (C=O) groups excluding carboxylic acids is 1. The van der Waals surface area contributed by atoms with Crippen molar-refractivity contribution in [2.24, 2.45) is 0 Å². The van der Waals surface area contributed by atoms with Crippen molar-refractivity contribution in [3.05, 3.63) is 29.3 Å². The quantitative estimate of drug-likeness (QED) is 0.882. The van der Waals surface area contributed by atoms with E-state index in [9.17, 15) is 4.79 Å². The van der Waals surface area contributed by atoms with Gasteiger partial charge in [-0.2, -0.15) is 0 Å². The smallest absolute Gasteiger partial charge is 0.253 e. The predicted molar refractivity (Wildman–Crippen MR) is 81.2 cm³/mol. The summed E-state index contributed by atoms with van der Waals surface area (Å²) in [5.74, 6) is 0.0389. The van der Waals surface area contributed by atoms with Crippen molar-refractivity contribution in [3.63, 3.8) is 0 Å². The highest BCUT2D eigenvalue weighted by molar-refractivity contribution is 5.99. The monoisotopic (exact) mass is 273 g/mol. The van der Waals surface area contributed by atoms with Crippen LogP contribution in [0.15, 0.2) is 18.2 Å². The minimum atomic E-state index is 0.0389. The van der Waals surface area contributed by atoms with E-state index in [-0.39, 0.29) is 5.91 Å². The van der Waals surface area contributed by atoms with Crippen molar-refractivity contribution in [2.45, 2.75) is 38.3 Å². The Bertz CT molecular complexity index is 510. The molecular formula is C16H23N3O. The maximum absolute atomic E-state index is 12.4. The highest BCUT2D eigenvalue weighted by Crippen LogP contribution is 2.30. The molecular weight excluding hydrogens is 250 g/mol. The van der Waals surface area contributed by atoms with Crippen LogP contribution >= 0.6 is 0 Å². The van der Waals surface area contributed by atoms with Crippen molar-refractivity contribution in [3.8, 4) is 0 Å². The van der Waals surface area contributed by atoms with E-state index >= 15 is 0 Å². The topological polar surface area (TPSA) is 44.4 Å². The molecule has 1 amide bonds. The molecule has 1 aromatic rings. The van der Waals surface area contributed by atoms with Crippen molar-refractivity contribution in [1.82, 2.24) is 10.2 Å². The first kappa shape index (κ1) is 13.4. The molecule has 1 atom stereocenters. The summed E-state index contributed by atoms with van der Waals surface area (Å²) in [6.45, 7) is 4.17. The lowest BCUT2D eigenvalue weighted by Gasteiger charge is -2.17. The fourth-order valence-electron chi connectivity index (χ4n) is 3.00. The fourth-order valence-corrected chi connectivity index (χ4v) is 3.00. The first-order chi connectivity index (χ1) is 9.67. The van der Waals surface area contributed by atoms with E-state index in [1.54, 1.807) is 0 Å². The standard InChI is InChI=1S/C16H23N3O/c1-11-3-6-14(15(9-11)17-2)16(20)18-12-7-8-19(10-12)13-4-5-13/h3,6,9,12-13,17H,4-5,7-8,10H2,1-2H3,(H,18,20). The average molecular weight is 273 g/mol. The summed E-state index contributed by atoms with van der Waals surface area (Å²) in [4.78, 5) is 14.9. The molecule has 1 heterocycles. The largest absolute Gasteiger partial charge is 0.387 e. The van der Waals surface area contributed by atoms with Gasteiger partial charge in [0.1, 0.15) is 0 Å². The molecule has 0 aromatic heterocycles. The third-order valence-corrected chi connectivity index (χ3v) is 4.31. The minimum absolute atomic E-state index is 0.0389. The second-order valence-corrected chi connectivity index (χ2v) is 5.98. The van der Waals surface area contributed by atoms with Crippen molar-refractivity contribution in [1.29, 1.82) is 0 Å². The minimum Gasteiger partial charge on any atom is -0.387 e. The Hall–Kier alpha value is -1.55. The molecule has 4 heteroatoms. The second-order valence-electron chi connectivity index (χ2n) is 5.98. The normalized spacial score (nSPS) is 22.8. The predicted octanol–water partition coefficient (Wildman–Crippen LogP) is 2.00. The number of hydrogen-bond acceptors (Lipinski definition) is 3. The van der Waals surface area contributed by atoms with Gasteiger partial charge in [-0.05, 0) is 43.9 Å². The SMILES string of the molecule is CNc1cc(C)ccc1C(=O)NC1CCN(C2CC2)C1. The van der Waals surface area contributed by atoms with E-state index in [2.05, 4.69) is 15.5 Å². The van der Waals surface area contributed by atoms with Gasteiger partial charge in [-0.1, -0.05) is 6.07 Å². The zero-order valence-corrected chi connectivity index (χ0v) is 12.3. The number of hydrogen-bond donors (Lipinski definition) is 2. The van der Waals surface area contributed by atoms with Crippen LogP contribution in [-0.2, 0) is 0 Å². The summed E-state index contributed by atoms with van der Waals surface area (Å²) in [6, 6.07) is 7.00. The van der Waals surface area contributed by atoms with Crippen LogP contribution in [0.2, 0.25) is 0 Å². The van der Waals surface area contributed by atoms with Crippen LogP contribution in [0.4, 0.5) is 5.69 Å². The van der Waals surface area contributed by atoms with Crippen LogP contribution in [0.25, 0.3) is 0 Å². The maximum Gasteiger partial charge on any atom is 0.253 e. The molecule has 2 N–H and O–H groups in total. The number of amides is 1. The molecule has 1 aliphatic heterocycles. The third-order valence-electron chi connectivity index (χ3n) is 4.31. The van der Waals surface area contributed by atoms with E-state index in [0.717, 1.165) is 42.4 Å². The molecule has 0 bridgehead atoms. The van der Waals surface area contributed by atoms with Gasteiger partial charge in [0, 0.05) is 37.9 Å². The number of benzene rings is 1. The molecule has 2 fully saturated rings. The number of rotatable bonds is 4. The summed E-state index contributed by atoms with van der Waals surface area (Å²) in [5, 5.41) is 6.29. The lowest BCUT2D eigenvalue weighted by molar-refractivity contribution is 0.0938. The summed E-state index contributed by atoms with van der Waals surface area (Å²) >= 11 is 0. The zero-order chi connectivity index (χ0) is 14.1. The zero-order valence-electron chi connectivity index (χ0n) is 12.3. The van der Waals surface area contributed by atoms with E-state index < -0.39 is 0 Å². The first-order valence-electron chi connectivity index (χ1n) is 7.50. The van der Waals surface area contributed by atoms with E-state index in [4.69, 9.17) is 0 Å². The Morgan fingerprint density at radius 3 is 2.80 bits per heavy atom. The number of likely N-dealkylation sites (tertiary alicyclic amines) is 1. The molecule has 0 radical (unpaired) electrons. The molecule has 108 valence electrons. The van der Waals surface area contributed by atoms with Gasteiger partial charge in [-0.3, -0.25) is 9.69 Å². The van der Waals surface area contributed by atoms with Gasteiger partial charge in [0.25, 0.3) is 5.91 Å². The molecule has 1 unspecified atom stereocenters. The van der Waals surface area contributed by atoms with Crippen molar-refractivity contribution < 1.29 is 4.79 Å². The lowest BCUT2D eigenvalue weighted by Crippen LogP contribution is -2.37. The number of nitrogens with zero attached hydrogens (tertiary/aromatic N) is 1. The van der Waals surface area contributed by atoms with Crippen LogP contribution in [0.1, 0.15) is 35.2 Å². The number of anilines is 1. The Labute approximate surface area is 120 Å². The molecule has 4 nitrogen and oxygen atoms in total. The Morgan fingerprint density at radius 2 is 2.10 bits per heavy atom. The van der Waals surface area contributed by atoms with E-state index in [1.807, 2.05) is 32.2 Å². The second kappa shape index (κ2) is 5.44. The number of nitrogens with one attached hydrogen (secondary N) is 2. The summed E-state index contributed by atoms with van der Waals surface area (Å²) < 4.78 is 0. The van der Waals surface area contributed by atoms with Crippen LogP contribution in [0.5, 0.6) is 0 Å². The maximum atomic E-state index is 12.4. The number of carbonyl (C=O) groups is 1. The fraction of sp³-hybridized carbons (Fsp3) is 0.562. The molecule has 2 aliphatic rings. The van der Waals surface area contributed by atoms with Crippen LogP contribution in [0, 0.1) is 6.92 Å². The van der Waals surface area contributed by atoms with E-state index in [1.165, 1.54) is 12.8 Å². The van der Waals surface area contributed by atoms with Crippen LogP contribution in [-0.4, -0.2) is 43.0 Å².